The van der Waals surface area contributed by atoms with E-state index in [0.29, 0.717) is 19.7 Å². The van der Waals surface area contributed by atoms with Gasteiger partial charge in [0, 0.05) is 37.2 Å². The van der Waals surface area contributed by atoms with E-state index in [1.54, 1.807) is 6.20 Å². The summed E-state index contributed by atoms with van der Waals surface area (Å²) in [7, 11) is 0. The zero-order valence-corrected chi connectivity index (χ0v) is 17.7. The van der Waals surface area contributed by atoms with Crippen molar-refractivity contribution < 1.29 is 9.53 Å². The highest BCUT2D eigenvalue weighted by Crippen LogP contribution is 2.44. The lowest BCUT2D eigenvalue weighted by molar-refractivity contribution is 0.0724. The standard InChI is InChI=1S/C24H25N3O2S/c28-23(26-12-9-24(16-30,10-13-26)27-14-11-25-17-27)29-15-22-20-7-3-1-5-18(20)19-6-2-4-8-21(19)22/h1-8,11,14,17,22,30H,9-10,12-13,15-16H2. The molecular weight excluding hydrogens is 394 g/mol. The zero-order chi connectivity index (χ0) is 20.6. The summed E-state index contributed by atoms with van der Waals surface area (Å²) < 4.78 is 7.95. The molecule has 5 rings (SSSR count). The molecule has 2 aliphatic rings. The van der Waals surface area contributed by atoms with E-state index in [0.717, 1.165) is 18.6 Å². The smallest absolute Gasteiger partial charge is 0.409 e. The Balaban J connectivity index is 1.25. The summed E-state index contributed by atoms with van der Waals surface area (Å²) in [6.07, 6.45) is 7.09. The first-order chi connectivity index (χ1) is 14.7. The van der Waals surface area contributed by atoms with Crippen molar-refractivity contribution in [1.29, 1.82) is 0 Å². The molecule has 6 heteroatoms. The van der Waals surface area contributed by atoms with Crippen LogP contribution in [0.15, 0.2) is 67.3 Å². The molecule has 1 aliphatic heterocycles. The summed E-state index contributed by atoms with van der Waals surface area (Å²) in [5.74, 6) is 0.815. The van der Waals surface area contributed by atoms with Gasteiger partial charge in [0.05, 0.1) is 11.9 Å². The molecule has 0 N–H and O–H groups in total. The van der Waals surface area contributed by atoms with E-state index in [2.05, 4.69) is 70.7 Å². The maximum atomic E-state index is 12.8. The van der Waals surface area contributed by atoms with Crippen LogP contribution in [0.1, 0.15) is 29.9 Å². The first-order valence-corrected chi connectivity index (χ1v) is 11.0. The quantitative estimate of drug-likeness (QED) is 0.631. The van der Waals surface area contributed by atoms with Crippen molar-refractivity contribution in [1.82, 2.24) is 14.5 Å². The number of thiol groups is 1. The van der Waals surface area contributed by atoms with Gasteiger partial charge in [0.25, 0.3) is 0 Å². The van der Waals surface area contributed by atoms with Crippen LogP contribution in [0.4, 0.5) is 4.79 Å². The molecule has 1 aliphatic carbocycles. The number of hydrogen-bond acceptors (Lipinski definition) is 4. The normalized spacial score (nSPS) is 17.4. The lowest BCUT2D eigenvalue weighted by Gasteiger charge is -2.41. The van der Waals surface area contributed by atoms with Crippen molar-refractivity contribution in [3.8, 4) is 11.1 Å². The molecule has 30 heavy (non-hydrogen) atoms. The molecule has 0 saturated carbocycles. The molecular formula is C24H25N3O2S. The van der Waals surface area contributed by atoms with Gasteiger partial charge in [-0.3, -0.25) is 0 Å². The Labute approximate surface area is 182 Å². The zero-order valence-electron chi connectivity index (χ0n) is 16.8. The highest BCUT2D eigenvalue weighted by atomic mass is 32.1. The predicted octanol–water partition coefficient (Wildman–Crippen LogP) is 4.55. The van der Waals surface area contributed by atoms with Crippen molar-refractivity contribution in [2.24, 2.45) is 0 Å². The molecule has 2 aromatic carbocycles. The summed E-state index contributed by atoms with van der Waals surface area (Å²) in [5.41, 5.74) is 4.87. The van der Waals surface area contributed by atoms with E-state index in [4.69, 9.17) is 4.74 Å². The van der Waals surface area contributed by atoms with E-state index < -0.39 is 0 Å². The number of imidazole rings is 1. The van der Waals surface area contributed by atoms with Crippen molar-refractivity contribution in [2.75, 3.05) is 25.4 Å². The number of benzene rings is 2. The van der Waals surface area contributed by atoms with Gasteiger partial charge in [-0.1, -0.05) is 48.5 Å². The van der Waals surface area contributed by atoms with Crippen molar-refractivity contribution in [2.45, 2.75) is 24.3 Å². The Bertz CT molecular complexity index is 997. The second-order valence-electron chi connectivity index (χ2n) is 8.14. The topological polar surface area (TPSA) is 47.4 Å². The first-order valence-electron chi connectivity index (χ1n) is 10.4. The molecule has 0 unspecified atom stereocenters. The monoisotopic (exact) mass is 419 g/mol. The highest BCUT2D eigenvalue weighted by molar-refractivity contribution is 7.80. The summed E-state index contributed by atoms with van der Waals surface area (Å²) in [6, 6.07) is 16.8. The molecule has 1 aromatic heterocycles. The van der Waals surface area contributed by atoms with E-state index in [-0.39, 0.29) is 17.6 Å². The van der Waals surface area contributed by atoms with Crippen LogP contribution in [-0.2, 0) is 10.3 Å². The Hall–Kier alpha value is -2.73. The van der Waals surface area contributed by atoms with Crippen LogP contribution < -0.4 is 0 Å². The van der Waals surface area contributed by atoms with Crippen LogP contribution in [0.5, 0.6) is 0 Å². The molecule has 1 amide bonds. The van der Waals surface area contributed by atoms with Gasteiger partial charge in [0.2, 0.25) is 0 Å². The number of carbonyl (C=O) groups is 1. The second kappa shape index (κ2) is 7.84. The summed E-state index contributed by atoms with van der Waals surface area (Å²) in [6.45, 7) is 1.69. The number of aromatic nitrogens is 2. The van der Waals surface area contributed by atoms with Gasteiger partial charge in [-0.2, -0.15) is 12.6 Å². The number of piperidine rings is 1. The highest BCUT2D eigenvalue weighted by Gasteiger charge is 2.37. The Kier molecular flexibility index (Phi) is 5.03. The number of hydrogen-bond donors (Lipinski definition) is 1. The Morgan fingerprint density at radius 1 is 1.07 bits per heavy atom. The number of fused-ring (bicyclic) bond motifs is 3. The van der Waals surface area contributed by atoms with Gasteiger partial charge >= 0.3 is 6.09 Å². The molecule has 1 fully saturated rings. The van der Waals surface area contributed by atoms with Crippen LogP contribution in [0.25, 0.3) is 11.1 Å². The molecule has 5 nitrogen and oxygen atoms in total. The fourth-order valence-corrected chi connectivity index (χ4v) is 5.31. The van der Waals surface area contributed by atoms with Gasteiger partial charge in [0.1, 0.15) is 6.61 Å². The van der Waals surface area contributed by atoms with Gasteiger partial charge in [0.15, 0.2) is 0 Å². The third-order valence-electron chi connectivity index (χ3n) is 6.63. The molecule has 2 heterocycles. The minimum Gasteiger partial charge on any atom is -0.448 e. The molecule has 154 valence electrons. The number of nitrogens with zero attached hydrogens (tertiary/aromatic N) is 3. The van der Waals surface area contributed by atoms with Crippen LogP contribution >= 0.6 is 12.6 Å². The Morgan fingerprint density at radius 3 is 2.27 bits per heavy atom. The number of likely N-dealkylation sites (tertiary alicyclic amines) is 1. The van der Waals surface area contributed by atoms with Crippen LogP contribution in [0.2, 0.25) is 0 Å². The van der Waals surface area contributed by atoms with E-state index >= 15 is 0 Å². The SMILES string of the molecule is O=C(OCC1c2ccccc2-c2ccccc21)N1CCC(CS)(n2ccnc2)CC1. The fraction of sp³-hybridized carbons (Fsp3) is 0.333. The minimum atomic E-state index is -0.227. The third-order valence-corrected chi connectivity index (χ3v) is 7.22. The molecule has 0 atom stereocenters. The van der Waals surface area contributed by atoms with Gasteiger partial charge < -0.3 is 14.2 Å². The number of carbonyl (C=O) groups excluding carboxylic acids is 1. The Morgan fingerprint density at radius 2 is 1.70 bits per heavy atom. The van der Waals surface area contributed by atoms with Crippen LogP contribution in [0.3, 0.4) is 0 Å². The second-order valence-corrected chi connectivity index (χ2v) is 8.46. The number of ether oxygens (including phenoxy) is 1. The summed E-state index contributed by atoms with van der Waals surface area (Å²) in [5, 5.41) is 0. The average molecular weight is 420 g/mol. The van der Waals surface area contributed by atoms with Crippen molar-refractivity contribution >= 4 is 18.7 Å². The van der Waals surface area contributed by atoms with Crippen molar-refractivity contribution in [3.63, 3.8) is 0 Å². The summed E-state index contributed by atoms with van der Waals surface area (Å²) >= 11 is 4.59. The number of rotatable bonds is 4. The lowest BCUT2D eigenvalue weighted by Crippen LogP contribution is -2.49. The fourth-order valence-electron chi connectivity index (χ4n) is 4.83. The van der Waals surface area contributed by atoms with Crippen LogP contribution in [-0.4, -0.2) is 46.0 Å². The maximum absolute atomic E-state index is 12.8. The third kappa shape index (κ3) is 3.19. The van der Waals surface area contributed by atoms with Gasteiger partial charge in [-0.05, 0) is 35.1 Å². The summed E-state index contributed by atoms with van der Waals surface area (Å²) in [4.78, 5) is 18.8. The number of amides is 1. The van der Waals surface area contributed by atoms with E-state index in [1.807, 2.05) is 17.4 Å². The first kappa shape index (κ1) is 19.2. The molecule has 0 spiro atoms. The maximum Gasteiger partial charge on any atom is 0.409 e. The largest absolute Gasteiger partial charge is 0.448 e. The molecule has 0 bridgehead atoms. The molecule has 3 aromatic rings. The van der Waals surface area contributed by atoms with E-state index in [9.17, 15) is 4.79 Å². The molecule has 1 saturated heterocycles. The molecule has 0 radical (unpaired) electrons. The van der Waals surface area contributed by atoms with Crippen molar-refractivity contribution in [3.05, 3.63) is 78.4 Å². The minimum absolute atomic E-state index is 0.0836. The van der Waals surface area contributed by atoms with E-state index in [1.165, 1.54) is 22.3 Å². The average Bonchev–Trinajstić information content (AvgIpc) is 3.45. The predicted molar refractivity (Wildman–Crippen MR) is 120 cm³/mol. The van der Waals surface area contributed by atoms with Gasteiger partial charge in [-0.25, -0.2) is 9.78 Å². The van der Waals surface area contributed by atoms with Crippen LogP contribution in [0, 0.1) is 0 Å². The lowest BCUT2D eigenvalue weighted by atomic mass is 9.89. The van der Waals surface area contributed by atoms with Gasteiger partial charge in [-0.15, -0.1) is 0 Å².